The zero-order valence-corrected chi connectivity index (χ0v) is 14.9. The van der Waals surface area contributed by atoms with E-state index in [2.05, 4.69) is 12.1 Å². The number of hydrogen-bond acceptors (Lipinski definition) is 3. The summed E-state index contributed by atoms with van der Waals surface area (Å²) in [5, 5.41) is 0. The third-order valence-electron chi connectivity index (χ3n) is 4.36. The van der Waals surface area contributed by atoms with Crippen molar-refractivity contribution in [3.63, 3.8) is 0 Å². The zero-order valence-electron chi connectivity index (χ0n) is 14.1. The van der Waals surface area contributed by atoms with Crippen LogP contribution in [0.15, 0.2) is 30.3 Å². The van der Waals surface area contributed by atoms with Gasteiger partial charge in [0, 0.05) is 25.7 Å². The lowest BCUT2D eigenvalue weighted by molar-refractivity contribution is -0.136. The van der Waals surface area contributed by atoms with Gasteiger partial charge in [0.25, 0.3) is 0 Å². The molecule has 1 unspecified atom stereocenters. The third-order valence-corrected chi connectivity index (χ3v) is 5.63. The average Bonchev–Trinajstić information content (AvgIpc) is 2.98. The van der Waals surface area contributed by atoms with E-state index in [9.17, 15) is 13.2 Å². The molecule has 1 fully saturated rings. The van der Waals surface area contributed by atoms with Crippen molar-refractivity contribution in [3.8, 4) is 0 Å². The predicted octanol–water partition coefficient (Wildman–Crippen LogP) is 1.75. The highest BCUT2D eigenvalue weighted by Gasteiger charge is 2.35. The first kappa shape index (κ1) is 17.9. The Kier molecular flexibility index (Phi) is 5.81. The van der Waals surface area contributed by atoms with Gasteiger partial charge < -0.3 is 4.90 Å². The molecule has 0 spiro atoms. The summed E-state index contributed by atoms with van der Waals surface area (Å²) < 4.78 is 24.6. The number of amides is 1. The van der Waals surface area contributed by atoms with Crippen molar-refractivity contribution >= 4 is 15.9 Å². The smallest absolute Gasteiger partial charge is 0.227 e. The molecule has 0 radical (unpaired) electrons. The fourth-order valence-electron chi connectivity index (χ4n) is 2.98. The Morgan fingerprint density at radius 2 is 1.96 bits per heavy atom. The standard InChI is InChI=1S/C17H26N2O3S/c1-14(2)19(12-9-15-7-5-4-6-8-15)17(20)16-10-11-18(13-16)23(3,21)22/h4-8,14,16H,9-13H2,1-3H3. The molecule has 6 heteroatoms. The minimum atomic E-state index is -3.21. The van der Waals surface area contributed by atoms with Crippen LogP contribution in [0.25, 0.3) is 0 Å². The summed E-state index contributed by atoms with van der Waals surface area (Å²) in [6.07, 6.45) is 2.63. The van der Waals surface area contributed by atoms with Gasteiger partial charge in [0.15, 0.2) is 0 Å². The van der Waals surface area contributed by atoms with Crippen molar-refractivity contribution < 1.29 is 13.2 Å². The van der Waals surface area contributed by atoms with Crippen LogP contribution in [0.5, 0.6) is 0 Å². The molecule has 1 atom stereocenters. The molecular weight excluding hydrogens is 312 g/mol. The van der Waals surface area contributed by atoms with E-state index in [-0.39, 0.29) is 17.9 Å². The van der Waals surface area contributed by atoms with Gasteiger partial charge >= 0.3 is 0 Å². The molecule has 1 aliphatic heterocycles. The SMILES string of the molecule is CC(C)N(CCc1ccccc1)C(=O)C1CCN(S(C)(=O)=O)C1. The van der Waals surface area contributed by atoms with Crippen LogP contribution in [-0.2, 0) is 21.2 Å². The van der Waals surface area contributed by atoms with Crippen LogP contribution in [0.2, 0.25) is 0 Å². The lowest BCUT2D eigenvalue weighted by atomic mass is 10.1. The number of benzene rings is 1. The molecule has 1 heterocycles. The van der Waals surface area contributed by atoms with Gasteiger partial charge in [0.1, 0.15) is 0 Å². The van der Waals surface area contributed by atoms with Crippen LogP contribution in [0.4, 0.5) is 0 Å². The summed E-state index contributed by atoms with van der Waals surface area (Å²) in [5.41, 5.74) is 1.20. The van der Waals surface area contributed by atoms with Crippen molar-refractivity contribution in [1.29, 1.82) is 0 Å². The molecule has 128 valence electrons. The number of sulfonamides is 1. The van der Waals surface area contributed by atoms with E-state index < -0.39 is 10.0 Å². The Morgan fingerprint density at radius 1 is 1.30 bits per heavy atom. The maximum Gasteiger partial charge on any atom is 0.227 e. The van der Waals surface area contributed by atoms with Gasteiger partial charge in [-0.1, -0.05) is 30.3 Å². The summed E-state index contributed by atoms with van der Waals surface area (Å²) in [6.45, 7) is 5.43. The first-order valence-corrected chi connectivity index (χ1v) is 9.93. The van der Waals surface area contributed by atoms with E-state index in [4.69, 9.17) is 0 Å². The van der Waals surface area contributed by atoms with Crippen LogP contribution in [0, 0.1) is 5.92 Å². The second-order valence-electron chi connectivity index (χ2n) is 6.47. The maximum atomic E-state index is 12.8. The molecule has 23 heavy (non-hydrogen) atoms. The molecule has 1 aromatic carbocycles. The van der Waals surface area contributed by atoms with Crippen molar-refractivity contribution in [1.82, 2.24) is 9.21 Å². The van der Waals surface area contributed by atoms with E-state index in [1.165, 1.54) is 16.1 Å². The van der Waals surface area contributed by atoms with E-state index in [1.807, 2.05) is 36.9 Å². The van der Waals surface area contributed by atoms with Crippen molar-refractivity contribution in [2.45, 2.75) is 32.7 Å². The van der Waals surface area contributed by atoms with Crippen LogP contribution in [0.1, 0.15) is 25.8 Å². The molecule has 0 N–H and O–H groups in total. The van der Waals surface area contributed by atoms with E-state index >= 15 is 0 Å². The third kappa shape index (κ3) is 4.78. The highest BCUT2D eigenvalue weighted by Crippen LogP contribution is 2.22. The normalized spacial score (nSPS) is 19.2. The van der Waals surface area contributed by atoms with Crippen molar-refractivity contribution in [2.24, 2.45) is 5.92 Å². The van der Waals surface area contributed by atoms with Crippen molar-refractivity contribution in [2.75, 3.05) is 25.9 Å². The van der Waals surface area contributed by atoms with Crippen LogP contribution >= 0.6 is 0 Å². The first-order valence-electron chi connectivity index (χ1n) is 8.08. The lowest BCUT2D eigenvalue weighted by Gasteiger charge is -2.29. The van der Waals surface area contributed by atoms with E-state index in [1.54, 1.807) is 0 Å². The highest BCUT2D eigenvalue weighted by atomic mass is 32.2. The van der Waals surface area contributed by atoms with Gasteiger partial charge in [-0.2, -0.15) is 0 Å². The Bertz CT molecular complexity index is 628. The second kappa shape index (κ2) is 7.45. The minimum absolute atomic E-state index is 0.0714. The Labute approximate surface area is 139 Å². The quantitative estimate of drug-likeness (QED) is 0.794. The Morgan fingerprint density at radius 3 is 2.48 bits per heavy atom. The van der Waals surface area contributed by atoms with Crippen LogP contribution in [-0.4, -0.2) is 55.5 Å². The highest BCUT2D eigenvalue weighted by molar-refractivity contribution is 7.88. The molecule has 5 nitrogen and oxygen atoms in total. The molecule has 1 aliphatic rings. The van der Waals surface area contributed by atoms with E-state index in [0.717, 1.165) is 6.42 Å². The monoisotopic (exact) mass is 338 g/mol. The summed E-state index contributed by atoms with van der Waals surface area (Å²) in [5.74, 6) is -0.148. The fourth-order valence-corrected chi connectivity index (χ4v) is 3.87. The molecule has 0 aliphatic carbocycles. The summed E-state index contributed by atoms with van der Waals surface area (Å²) >= 11 is 0. The topological polar surface area (TPSA) is 57.7 Å². The molecule has 0 aromatic heterocycles. The summed E-state index contributed by atoms with van der Waals surface area (Å²) in [6, 6.07) is 10.2. The molecule has 2 rings (SSSR count). The van der Waals surface area contributed by atoms with Gasteiger partial charge in [-0.25, -0.2) is 12.7 Å². The molecule has 1 saturated heterocycles. The lowest BCUT2D eigenvalue weighted by Crippen LogP contribution is -2.43. The zero-order chi connectivity index (χ0) is 17.0. The van der Waals surface area contributed by atoms with Gasteiger partial charge in [0.2, 0.25) is 15.9 Å². The van der Waals surface area contributed by atoms with Gasteiger partial charge in [-0.05, 0) is 32.3 Å². The van der Waals surface area contributed by atoms with Gasteiger partial charge in [0.05, 0.1) is 12.2 Å². The minimum Gasteiger partial charge on any atom is -0.340 e. The largest absolute Gasteiger partial charge is 0.340 e. The van der Waals surface area contributed by atoms with Crippen LogP contribution in [0.3, 0.4) is 0 Å². The number of carbonyl (C=O) groups is 1. The molecule has 0 saturated carbocycles. The second-order valence-corrected chi connectivity index (χ2v) is 8.45. The maximum absolute atomic E-state index is 12.8. The number of rotatable bonds is 6. The number of nitrogens with zero attached hydrogens (tertiary/aromatic N) is 2. The van der Waals surface area contributed by atoms with E-state index in [0.29, 0.717) is 26.1 Å². The van der Waals surface area contributed by atoms with Gasteiger partial charge in [-0.15, -0.1) is 0 Å². The summed E-state index contributed by atoms with van der Waals surface area (Å²) in [7, 11) is -3.21. The predicted molar refractivity (Wildman–Crippen MR) is 91.5 cm³/mol. The summed E-state index contributed by atoms with van der Waals surface area (Å²) in [4.78, 5) is 14.7. The number of hydrogen-bond donors (Lipinski definition) is 0. The first-order chi connectivity index (χ1) is 10.8. The number of carbonyl (C=O) groups excluding carboxylic acids is 1. The molecule has 0 bridgehead atoms. The molecular formula is C17H26N2O3S. The Hall–Kier alpha value is -1.40. The fraction of sp³-hybridized carbons (Fsp3) is 0.588. The Balaban J connectivity index is 1.99. The average molecular weight is 338 g/mol. The molecule has 1 amide bonds. The van der Waals surface area contributed by atoms with Crippen molar-refractivity contribution in [3.05, 3.63) is 35.9 Å². The van der Waals surface area contributed by atoms with Crippen LogP contribution < -0.4 is 0 Å². The van der Waals surface area contributed by atoms with Gasteiger partial charge in [-0.3, -0.25) is 4.79 Å². The molecule has 1 aromatic rings.